The van der Waals surface area contributed by atoms with Gasteiger partial charge in [0.15, 0.2) is 6.61 Å². The van der Waals surface area contributed by atoms with Crippen LogP contribution in [0.15, 0.2) is 48.5 Å². The maximum atomic E-state index is 12.2. The van der Waals surface area contributed by atoms with Gasteiger partial charge in [0.05, 0.1) is 24.3 Å². The van der Waals surface area contributed by atoms with E-state index in [1.165, 1.54) is 48.5 Å². The number of alkyl halides is 2. The number of nitrogens with one attached hydrogen (secondary N) is 1. The second-order valence-electron chi connectivity index (χ2n) is 6.68. The maximum Gasteiger partial charge on any atom is 0.387 e. The number of hydrogen-bond donors (Lipinski definition) is 1. The molecule has 0 bridgehead atoms. The summed E-state index contributed by atoms with van der Waals surface area (Å²) in [4.78, 5) is 48.3. The van der Waals surface area contributed by atoms with Crippen molar-refractivity contribution in [1.29, 1.82) is 0 Å². The highest BCUT2D eigenvalue weighted by atomic mass is 19.3. The molecule has 2 rings (SSSR count). The number of amides is 1. The molecule has 1 amide bonds. The zero-order chi connectivity index (χ0) is 25.8. The fraction of sp³-hybridized carbons (Fsp3) is 0.250. The van der Waals surface area contributed by atoms with Crippen LogP contribution in [0.2, 0.25) is 0 Å². The molecule has 2 aromatic rings. The van der Waals surface area contributed by atoms with Gasteiger partial charge in [0.25, 0.3) is 5.91 Å². The Kier molecular flexibility index (Phi) is 10.3. The van der Waals surface area contributed by atoms with Crippen LogP contribution in [-0.2, 0) is 23.8 Å². The highest BCUT2D eigenvalue weighted by molar-refractivity contribution is 6.00. The molecular formula is C24H23F2NO8. The monoisotopic (exact) mass is 491 g/mol. The Morgan fingerprint density at radius 1 is 0.886 bits per heavy atom. The molecule has 9 nitrogen and oxygen atoms in total. The lowest BCUT2D eigenvalue weighted by molar-refractivity contribution is -0.142. The van der Waals surface area contributed by atoms with Gasteiger partial charge >= 0.3 is 24.5 Å². The minimum Gasteiger partial charge on any atom is -0.462 e. The van der Waals surface area contributed by atoms with Crippen molar-refractivity contribution in [2.24, 2.45) is 0 Å². The lowest BCUT2D eigenvalue weighted by Crippen LogP contribution is -2.21. The largest absolute Gasteiger partial charge is 0.462 e. The zero-order valence-corrected chi connectivity index (χ0v) is 18.9. The van der Waals surface area contributed by atoms with Crippen LogP contribution < -0.4 is 10.1 Å². The summed E-state index contributed by atoms with van der Waals surface area (Å²) in [6, 6.07) is 9.41. The van der Waals surface area contributed by atoms with E-state index in [1.54, 1.807) is 13.8 Å². The van der Waals surface area contributed by atoms with E-state index in [2.05, 4.69) is 10.1 Å². The van der Waals surface area contributed by atoms with Crippen molar-refractivity contribution < 1.29 is 46.9 Å². The Balaban J connectivity index is 1.98. The molecule has 0 aliphatic rings. The van der Waals surface area contributed by atoms with Crippen LogP contribution in [-0.4, -0.2) is 50.2 Å². The molecule has 0 radical (unpaired) electrons. The second-order valence-corrected chi connectivity index (χ2v) is 6.68. The van der Waals surface area contributed by atoms with Crippen molar-refractivity contribution in [2.75, 3.05) is 25.1 Å². The molecule has 0 spiro atoms. The van der Waals surface area contributed by atoms with Crippen molar-refractivity contribution in [3.63, 3.8) is 0 Å². The molecule has 0 saturated carbocycles. The van der Waals surface area contributed by atoms with Gasteiger partial charge in [-0.2, -0.15) is 8.78 Å². The number of benzene rings is 2. The van der Waals surface area contributed by atoms with E-state index in [4.69, 9.17) is 14.2 Å². The van der Waals surface area contributed by atoms with Crippen LogP contribution in [0.3, 0.4) is 0 Å². The number of carbonyl (C=O) groups is 4. The Bertz CT molecular complexity index is 1050. The first kappa shape index (κ1) is 27.0. The van der Waals surface area contributed by atoms with Gasteiger partial charge in [0, 0.05) is 11.8 Å². The van der Waals surface area contributed by atoms with Crippen molar-refractivity contribution in [2.45, 2.75) is 20.5 Å². The van der Waals surface area contributed by atoms with Gasteiger partial charge in [-0.1, -0.05) is 12.1 Å². The van der Waals surface area contributed by atoms with Crippen LogP contribution >= 0.6 is 0 Å². The Morgan fingerprint density at radius 3 is 1.97 bits per heavy atom. The van der Waals surface area contributed by atoms with Gasteiger partial charge in [0.2, 0.25) is 0 Å². The minimum atomic E-state index is -2.94. The Morgan fingerprint density at radius 2 is 1.46 bits per heavy atom. The third-order valence-corrected chi connectivity index (χ3v) is 4.10. The SMILES string of the molecule is CCOC(=O)c1cc(NC(=O)COC(=O)/C=C/c2ccc(OC(F)F)cc2)cc(C(=O)OCC)c1. The van der Waals surface area contributed by atoms with E-state index >= 15 is 0 Å². The Labute approximate surface area is 199 Å². The number of anilines is 1. The first-order valence-corrected chi connectivity index (χ1v) is 10.4. The molecule has 0 aromatic heterocycles. The first-order chi connectivity index (χ1) is 16.7. The topological polar surface area (TPSA) is 117 Å². The van der Waals surface area contributed by atoms with E-state index in [0.717, 1.165) is 6.08 Å². The van der Waals surface area contributed by atoms with Gasteiger partial charge in [-0.15, -0.1) is 0 Å². The Hall–Kier alpha value is -4.28. The summed E-state index contributed by atoms with van der Waals surface area (Å²) in [5, 5.41) is 2.44. The highest BCUT2D eigenvalue weighted by Gasteiger charge is 2.16. The summed E-state index contributed by atoms with van der Waals surface area (Å²) in [6.07, 6.45) is 2.41. The van der Waals surface area contributed by atoms with Crippen molar-refractivity contribution in [3.8, 4) is 5.75 Å². The fourth-order valence-corrected chi connectivity index (χ4v) is 2.67. The summed E-state index contributed by atoms with van der Waals surface area (Å²) < 4.78 is 43.3. The van der Waals surface area contributed by atoms with Crippen molar-refractivity contribution in [1.82, 2.24) is 0 Å². The number of hydrogen-bond acceptors (Lipinski definition) is 8. The van der Waals surface area contributed by atoms with Crippen LogP contribution in [0, 0.1) is 0 Å². The normalized spacial score (nSPS) is 10.7. The molecule has 0 fully saturated rings. The van der Waals surface area contributed by atoms with Gasteiger partial charge in [-0.3, -0.25) is 4.79 Å². The summed E-state index contributed by atoms with van der Waals surface area (Å²) in [6.45, 7) is -0.127. The highest BCUT2D eigenvalue weighted by Crippen LogP contribution is 2.18. The number of rotatable bonds is 11. The van der Waals surface area contributed by atoms with E-state index in [0.29, 0.717) is 5.56 Å². The van der Waals surface area contributed by atoms with Crippen LogP contribution in [0.25, 0.3) is 6.08 Å². The van der Waals surface area contributed by atoms with Crippen LogP contribution in [0.1, 0.15) is 40.1 Å². The van der Waals surface area contributed by atoms with E-state index < -0.39 is 37.0 Å². The molecule has 0 aliphatic carbocycles. The third-order valence-electron chi connectivity index (χ3n) is 4.10. The molecule has 186 valence electrons. The summed E-state index contributed by atoms with van der Waals surface area (Å²) >= 11 is 0. The van der Waals surface area contributed by atoms with Gasteiger partial charge in [0.1, 0.15) is 5.75 Å². The van der Waals surface area contributed by atoms with Crippen molar-refractivity contribution in [3.05, 3.63) is 65.2 Å². The molecule has 0 unspecified atom stereocenters. The molecule has 0 heterocycles. The molecule has 35 heavy (non-hydrogen) atoms. The molecule has 2 aromatic carbocycles. The zero-order valence-electron chi connectivity index (χ0n) is 18.9. The fourth-order valence-electron chi connectivity index (χ4n) is 2.67. The average Bonchev–Trinajstić information content (AvgIpc) is 2.82. The van der Waals surface area contributed by atoms with Crippen LogP contribution in [0.4, 0.5) is 14.5 Å². The quantitative estimate of drug-likeness (QED) is 0.286. The molecular weight excluding hydrogens is 468 g/mol. The smallest absolute Gasteiger partial charge is 0.387 e. The molecule has 11 heteroatoms. The van der Waals surface area contributed by atoms with E-state index in [-0.39, 0.29) is 35.8 Å². The van der Waals surface area contributed by atoms with E-state index in [9.17, 15) is 28.0 Å². The van der Waals surface area contributed by atoms with Crippen molar-refractivity contribution >= 4 is 35.6 Å². The lowest BCUT2D eigenvalue weighted by Gasteiger charge is -2.10. The molecule has 1 N–H and O–H groups in total. The summed E-state index contributed by atoms with van der Waals surface area (Å²) in [5.41, 5.74) is 0.659. The summed E-state index contributed by atoms with van der Waals surface area (Å²) in [7, 11) is 0. The maximum absolute atomic E-state index is 12.2. The van der Waals surface area contributed by atoms with E-state index in [1.807, 2.05) is 0 Å². The number of ether oxygens (including phenoxy) is 4. The lowest BCUT2D eigenvalue weighted by atomic mass is 10.1. The summed E-state index contributed by atoms with van der Waals surface area (Å²) in [5.74, 6) is -2.98. The number of halogens is 2. The standard InChI is InChI=1S/C24H23F2NO8/c1-3-32-22(30)16-11-17(23(31)33-4-2)13-18(12-16)27-20(28)14-34-21(29)10-7-15-5-8-19(9-6-15)35-24(25)26/h5-13,24H,3-4,14H2,1-2H3,(H,27,28)/b10-7+. The number of esters is 3. The first-order valence-electron chi connectivity index (χ1n) is 10.4. The predicted octanol–water partition coefficient (Wildman–Crippen LogP) is 3.84. The average molecular weight is 491 g/mol. The number of carbonyl (C=O) groups excluding carboxylic acids is 4. The second kappa shape index (κ2) is 13.4. The predicted molar refractivity (Wildman–Crippen MR) is 120 cm³/mol. The third kappa shape index (κ3) is 9.24. The minimum absolute atomic E-state index is 0.0256. The molecule has 0 atom stereocenters. The van der Waals surface area contributed by atoms with Crippen LogP contribution in [0.5, 0.6) is 5.75 Å². The molecule has 0 saturated heterocycles. The van der Waals surface area contributed by atoms with Gasteiger partial charge in [-0.25, -0.2) is 14.4 Å². The van der Waals surface area contributed by atoms with Gasteiger partial charge < -0.3 is 24.3 Å². The van der Waals surface area contributed by atoms with Gasteiger partial charge in [-0.05, 0) is 55.8 Å². The molecule has 0 aliphatic heterocycles.